The largest absolute Gasteiger partial charge is 0.291 e. The predicted molar refractivity (Wildman–Crippen MR) is 141 cm³/mol. The first-order valence-electron chi connectivity index (χ1n) is 12.6. The zero-order valence-corrected chi connectivity index (χ0v) is 21.9. The van der Waals surface area contributed by atoms with Crippen molar-refractivity contribution in [3.8, 4) is 23.5 Å². The third-order valence-corrected chi connectivity index (χ3v) is 7.28. The average Bonchev–Trinajstić information content (AvgIpc) is 3.33. The van der Waals surface area contributed by atoms with Gasteiger partial charge >= 0.3 is 0 Å². The Balaban J connectivity index is 1.55. The summed E-state index contributed by atoms with van der Waals surface area (Å²) >= 11 is 0. The van der Waals surface area contributed by atoms with Crippen molar-refractivity contribution in [2.45, 2.75) is 38.0 Å². The van der Waals surface area contributed by atoms with Crippen molar-refractivity contribution < 1.29 is 8.78 Å². The molecule has 0 amide bonds. The predicted octanol–water partition coefficient (Wildman–Crippen LogP) is 5.46. The highest BCUT2D eigenvalue weighted by Crippen LogP contribution is 2.52. The first kappa shape index (κ1) is 26.1. The molecule has 0 N–H and O–H groups in total. The van der Waals surface area contributed by atoms with Crippen molar-refractivity contribution in [2.75, 3.05) is 6.54 Å². The molecule has 0 aliphatic carbocycles. The lowest BCUT2D eigenvalue weighted by Crippen LogP contribution is -2.54. The van der Waals surface area contributed by atoms with Gasteiger partial charge < -0.3 is 0 Å². The summed E-state index contributed by atoms with van der Waals surface area (Å²) < 4.78 is 31.0. The Morgan fingerprint density at radius 3 is 2.41 bits per heavy atom. The summed E-state index contributed by atoms with van der Waals surface area (Å²) in [4.78, 5) is 3.52. The molecular weight excluding hydrogens is 496 g/mol. The van der Waals surface area contributed by atoms with E-state index < -0.39 is 17.4 Å². The van der Waals surface area contributed by atoms with Gasteiger partial charge in [0.1, 0.15) is 11.5 Å². The highest BCUT2D eigenvalue weighted by Gasteiger charge is 2.50. The molecule has 1 aliphatic heterocycles. The molecule has 0 radical (unpaired) electrons. The van der Waals surface area contributed by atoms with Crippen LogP contribution in [0, 0.1) is 34.4 Å². The van der Waals surface area contributed by atoms with Crippen LogP contribution in [0.15, 0.2) is 66.7 Å². The smallest absolute Gasteiger partial charge is 0.205 e. The van der Waals surface area contributed by atoms with E-state index in [-0.39, 0.29) is 17.8 Å². The lowest BCUT2D eigenvalue weighted by atomic mass is 9.67. The number of aryl methyl sites for hydroxylation is 1. The summed E-state index contributed by atoms with van der Waals surface area (Å²) in [6.07, 6.45) is 0. The minimum atomic E-state index is -1.68. The lowest BCUT2D eigenvalue weighted by Gasteiger charge is -2.54. The van der Waals surface area contributed by atoms with Crippen LogP contribution < -0.4 is 0 Å². The minimum absolute atomic E-state index is 0.190. The Labute approximate surface area is 225 Å². The molecule has 39 heavy (non-hydrogen) atoms. The number of alkyl halides is 1. The van der Waals surface area contributed by atoms with Gasteiger partial charge in [-0.1, -0.05) is 24.3 Å². The lowest BCUT2D eigenvalue weighted by molar-refractivity contribution is -0.0423. The van der Waals surface area contributed by atoms with Gasteiger partial charge in [0.05, 0.1) is 30.3 Å². The maximum atomic E-state index is 16.1. The molecular formula is C30H27F2N7. The molecule has 0 saturated carbocycles. The Morgan fingerprint density at radius 1 is 1.03 bits per heavy atom. The van der Waals surface area contributed by atoms with Gasteiger partial charge in [-0.15, -0.1) is 10.2 Å². The third kappa shape index (κ3) is 5.41. The SMILES string of the molecule is Cn1nnc(-c2cc(F)cc(C(C3CN(Cc4cccc(C#N)c4)C3c3ccc(C#N)cc3)C(C)(C)F)c2)n1. The van der Waals surface area contributed by atoms with Crippen LogP contribution in [0.5, 0.6) is 0 Å². The standard InChI is InChI=1S/C30H27F2N7/c1-30(2,32)27(23-12-24(14-25(31)13-23)29-35-37-38(3)36-29)26-18-39(17-21-6-4-5-20(11-21)16-34)28(26)22-9-7-19(15-33)8-10-22/h4-14,26-28H,17-18H2,1-3H3. The van der Waals surface area contributed by atoms with Crippen LogP contribution in [0.2, 0.25) is 0 Å². The summed E-state index contributed by atoms with van der Waals surface area (Å²) in [5, 5.41) is 30.7. The summed E-state index contributed by atoms with van der Waals surface area (Å²) in [5.41, 5.74) is 2.32. The van der Waals surface area contributed by atoms with Crippen LogP contribution >= 0.6 is 0 Å². The molecule has 5 rings (SSSR count). The Morgan fingerprint density at radius 2 is 1.77 bits per heavy atom. The van der Waals surface area contributed by atoms with E-state index in [0.717, 1.165) is 11.1 Å². The number of rotatable bonds is 7. The number of nitriles is 2. The fraction of sp³-hybridized carbons (Fsp3) is 0.300. The minimum Gasteiger partial charge on any atom is -0.291 e. The van der Waals surface area contributed by atoms with Crippen molar-refractivity contribution in [3.05, 3.63) is 100 Å². The number of hydrogen-bond donors (Lipinski definition) is 0. The normalized spacial score (nSPS) is 18.1. The van der Waals surface area contributed by atoms with E-state index in [1.54, 1.807) is 31.3 Å². The first-order valence-corrected chi connectivity index (χ1v) is 12.6. The van der Waals surface area contributed by atoms with Gasteiger partial charge in [0, 0.05) is 36.5 Å². The number of tetrazole rings is 1. The number of likely N-dealkylation sites (tertiary alicyclic amines) is 1. The first-order chi connectivity index (χ1) is 18.7. The topological polar surface area (TPSA) is 94.4 Å². The maximum absolute atomic E-state index is 16.1. The number of hydrogen-bond acceptors (Lipinski definition) is 6. The number of aromatic nitrogens is 4. The number of benzene rings is 3. The molecule has 0 bridgehead atoms. The van der Waals surface area contributed by atoms with Crippen molar-refractivity contribution in [3.63, 3.8) is 0 Å². The van der Waals surface area contributed by atoms with Gasteiger partial charge in [-0.3, -0.25) is 4.90 Å². The molecule has 9 heteroatoms. The Bertz CT molecular complexity index is 1570. The zero-order chi connectivity index (χ0) is 27.7. The van der Waals surface area contributed by atoms with Crippen LogP contribution in [0.1, 0.15) is 53.6 Å². The van der Waals surface area contributed by atoms with E-state index in [1.165, 1.54) is 30.8 Å². The summed E-state index contributed by atoms with van der Waals surface area (Å²) in [7, 11) is 1.63. The van der Waals surface area contributed by atoms with Crippen LogP contribution in [-0.2, 0) is 13.6 Å². The molecule has 196 valence electrons. The second-order valence-corrected chi connectivity index (χ2v) is 10.5. The fourth-order valence-electron chi connectivity index (χ4n) is 5.73. The average molecular weight is 524 g/mol. The number of nitrogens with zero attached hydrogens (tertiary/aromatic N) is 7. The van der Waals surface area contributed by atoms with Crippen molar-refractivity contribution in [1.29, 1.82) is 10.5 Å². The molecule has 3 aromatic carbocycles. The van der Waals surface area contributed by atoms with Gasteiger partial charge in [-0.2, -0.15) is 15.3 Å². The molecule has 3 unspecified atom stereocenters. The van der Waals surface area contributed by atoms with Gasteiger partial charge in [0.15, 0.2) is 0 Å². The summed E-state index contributed by atoms with van der Waals surface area (Å²) in [6.45, 7) is 4.18. The zero-order valence-electron chi connectivity index (χ0n) is 21.9. The maximum Gasteiger partial charge on any atom is 0.205 e. The molecule has 0 spiro atoms. The molecule has 1 saturated heterocycles. The number of halogens is 2. The van der Waals surface area contributed by atoms with E-state index in [9.17, 15) is 14.9 Å². The monoisotopic (exact) mass is 523 g/mol. The van der Waals surface area contributed by atoms with Gasteiger partial charge in [-0.05, 0) is 78.2 Å². The van der Waals surface area contributed by atoms with Crippen LogP contribution in [0.3, 0.4) is 0 Å². The molecule has 1 fully saturated rings. The third-order valence-electron chi connectivity index (χ3n) is 7.28. The Kier molecular flexibility index (Phi) is 6.94. The van der Waals surface area contributed by atoms with E-state index in [1.807, 2.05) is 30.3 Å². The van der Waals surface area contributed by atoms with Crippen LogP contribution in [-0.4, -0.2) is 37.3 Å². The summed E-state index contributed by atoms with van der Waals surface area (Å²) in [6, 6.07) is 23.3. The molecule has 2 heterocycles. The van der Waals surface area contributed by atoms with Crippen molar-refractivity contribution in [2.24, 2.45) is 13.0 Å². The van der Waals surface area contributed by atoms with Crippen LogP contribution in [0.25, 0.3) is 11.4 Å². The van der Waals surface area contributed by atoms with E-state index in [4.69, 9.17) is 0 Å². The summed E-state index contributed by atoms with van der Waals surface area (Å²) in [5.74, 6) is -1.07. The molecule has 4 aromatic rings. The van der Waals surface area contributed by atoms with Gasteiger partial charge in [-0.25, -0.2) is 8.78 Å². The second kappa shape index (κ2) is 10.4. The van der Waals surface area contributed by atoms with E-state index in [0.29, 0.717) is 35.3 Å². The van der Waals surface area contributed by atoms with Crippen molar-refractivity contribution >= 4 is 0 Å². The quantitative estimate of drug-likeness (QED) is 0.319. The fourth-order valence-corrected chi connectivity index (χ4v) is 5.73. The van der Waals surface area contributed by atoms with Crippen LogP contribution in [0.4, 0.5) is 8.78 Å². The van der Waals surface area contributed by atoms with E-state index in [2.05, 4.69) is 32.4 Å². The highest BCUT2D eigenvalue weighted by molar-refractivity contribution is 5.56. The Hall–Kier alpha value is -4.47. The van der Waals surface area contributed by atoms with E-state index >= 15 is 4.39 Å². The second-order valence-electron chi connectivity index (χ2n) is 10.5. The van der Waals surface area contributed by atoms with Gasteiger partial charge in [0.2, 0.25) is 5.82 Å². The molecule has 1 aliphatic rings. The highest BCUT2D eigenvalue weighted by atomic mass is 19.1. The molecule has 3 atom stereocenters. The van der Waals surface area contributed by atoms with Gasteiger partial charge in [0.25, 0.3) is 0 Å². The molecule has 7 nitrogen and oxygen atoms in total. The molecule has 1 aromatic heterocycles. The van der Waals surface area contributed by atoms with Crippen molar-refractivity contribution in [1.82, 2.24) is 25.1 Å².